The SMILES string of the molecule is NCCCCCOc1ccccc1. The maximum atomic E-state index is 5.51. The molecule has 2 N–H and O–H groups in total. The summed E-state index contributed by atoms with van der Waals surface area (Å²) in [5, 5.41) is 0. The van der Waals surface area contributed by atoms with E-state index in [1.165, 1.54) is 0 Å². The summed E-state index contributed by atoms with van der Waals surface area (Å²) in [4.78, 5) is 0. The maximum Gasteiger partial charge on any atom is 0.119 e. The number of hydrogen-bond donors (Lipinski definition) is 1. The fourth-order valence-corrected chi connectivity index (χ4v) is 1.13. The molecule has 0 spiro atoms. The minimum Gasteiger partial charge on any atom is -0.494 e. The van der Waals surface area contributed by atoms with E-state index in [2.05, 4.69) is 0 Å². The van der Waals surface area contributed by atoms with Crippen molar-refractivity contribution in [2.24, 2.45) is 5.73 Å². The molecule has 2 nitrogen and oxygen atoms in total. The predicted octanol–water partition coefficient (Wildman–Crippen LogP) is 2.19. The lowest BCUT2D eigenvalue weighted by atomic mass is 10.2. The lowest BCUT2D eigenvalue weighted by Gasteiger charge is -2.04. The van der Waals surface area contributed by atoms with Crippen molar-refractivity contribution < 1.29 is 4.74 Å². The summed E-state index contributed by atoms with van der Waals surface area (Å²) in [6.45, 7) is 1.58. The van der Waals surface area contributed by atoms with Crippen LogP contribution in [-0.2, 0) is 0 Å². The molecule has 2 heteroatoms. The third-order valence-electron chi connectivity index (χ3n) is 1.86. The quantitative estimate of drug-likeness (QED) is 0.679. The first kappa shape index (κ1) is 10.1. The normalized spacial score (nSPS) is 9.92. The molecule has 0 atom stereocenters. The van der Waals surface area contributed by atoms with E-state index in [0.29, 0.717) is 0 Å². The molecule has 0 unspecified atom stereocenters. The Balaban J connectivity index is 2.07. The molecule has 0 aromatic heterocycles. The van der Waals surface area contributed by atoms with Crippen LogP contribution >= 0.6 is 0 Å². The summed E-state index contributed by atoms with van der Waals surface area (Å²) in [5.74, 6) is 0.954. The van der Waals surface area contributed by atoms with E-state index < -0.39 is 0 Å². The van der Waals surface area contributed by atoms with Gasteiger partial charge in [-0.25, -0.2) is 0 Å². The Labute approximate surface area is 79.7 Å². The van der Waals surface area contributed by atoms with Gasteiger partial charge in [-0.15, -0.1) is 0 Å². The van der Waals surface area contributed by atoms with Gasteiger partial charge >= 0.3 is 0 Å². The number of unbranched alkanes of at least 4 members (excludes halogenated alkanes) is 2. The average Bonchev–Trinajstić information content (AvgIpc) is 2.19. The van der Waals surface area contributed by atoms with Gasteiger partial charge in [0.05, 0.1) is 6.61 Å². The second kappa shape index (κ2) is 6.49. The molecule has 0 heterocycles. The van der Waals surface area contributed by atoms with Crippen molar-refractivity contribution in [3.63, 3.8) is 0 Å². The van der Waals surface area contributed by atoms with Crippen molar-refractivity contribution in [2.45, 2.75) is 19.3 Å². The highest BCUT2D eigenvalue weighted by Crippen LogP contribution is 2.08. The summed E-state index contributed by atoms with van der Waals surface area (Å²) in [6, 6.07) is 9.90. The number of rotatable bonds is 6. The molecule has 1 aromatic carbocycles. The first-order valence-corrected chi connectivity index (χ1v) is 4.81. The molecule has 13 heavy (non-hydrogen) atoms. The summed E-state index contributed by atoms with van der Waals surface area (Å²) >= 11 is 0. The van der Waals surface area contributed by atoms with Crippen LogP contribution in [-0.4, -0.2) is 13.2 Å². The van der Waals surface area contributed by atoms with Crippen LogP contribution in [0.15, 0.2) is 30.3 Å². The Morgan fingerprint density at radius 1 is 1.00 bits per heavy atom. The number of para-hydroxylation sites is 1. The van der Waals surface area contributed by atoms with Gasteiger partial charge in [-0.3, -0.25) is 0 Å². The molecule has 0 aliphatic rings. The van der Waals surface area contributed by atoms with Gasteiger partial charge in [0.15, 0.2) is 0 Å². The fraction of sp³-hybridized carbons (Fsp3) is 0.455. The molecule has 0 saturated carbocycles. The zero-order valence-corrected chi connectivity index (χ0v) is 7.91. The molecule has 0 aliphatic heterocycles. The number of hydrogen-bond acceptors (Lipinski definition) is 2. The van der Waals surface area contributed by atoms with E-state index in [4.69, 9.17) is 10.5 Å². The van der Waals surface area contributed by atoms with E-state index in [1.807, 2.05) is 30.3 Å². The smallest absolute Gasteiger partial charge is 0.119 e. The Bertz CT molecular complexity index is 211. The second-order valence-electron chi connectivity index (χ2n) is 3.01. The van der Waals surface area contributed by atoms with Crippen LogP contribution in [0.25, 0.3) is 0 Å². The van der Waals surface area contributed by atoms with Crippen LogP contribution < -0.4 is 10.5 Å². The molecular weight excluding hydrogens is 162 g/mol. The Hall–Kier alpha value is -1.02. The molecular formula is C11H17NO. The average molecular weight is 179 g/mol. The Morgan fingerprint density at radius 3 is 2.46 bits per heavy atom. The van der Waals surface area contributed by atoms with Gasteiger partial charge in [0.1, 0.15) is 5.75 Å². The van der Waals surface area contributed by atoms with Crippen LogP contribution in [0.5, 0.6) is 5.75 Å². The van der Waals surface area contributed by atoms with Gasteiger partial charge in [0, 0.05) is 0 Å². The lowest BCUT2D eigenvalue weighted by Crippen LogP contribution is -2.01. The van der Waals surface area contributed by atoms with Crippen molar-refractivity contribution in [3.05, 3.63) is 30.3 Å². The van der Waals surface area contributed by atoms with Crippen molar-refractivity contribution in [1.29, 1.82) is 0 Å². The van der Waals surface area contributed by atoms with Crippen LogP contribution in [0.3, 0.4) is 0 Å². The molecule has 1 aromatic rings. The van der Waals surface area contributed by atoms with Crippen molar-refractivity contribution in [3.8, 4) is 5.75 Å². The standard InChI is InChI=1S/C11H17NO/c12-9-5-2-6-10-13-11-7-3-1-4-8-11/h1,3-4,7-8H,2,5-6,9-10,12H2. The van der Waals surface area contributed by atoms with Crippen molar-refractivity contribution in [1.82, 2.24) is 0 Å². The third-order valence-corrected chi connectivity index (χ3v) is 1.86. The van der Waals surface area contributed by atoms with E-state index in [9.17, 15) is 0 Å². The third kappa shape index (κ3) is 4.53. The zero-order chi connectivity index (χ0) is 9.36. The first-order valence-electron chi connectivity index (χ1n) is 4.81. The minimum atomic E-state index is 0.783. The predicted molar refractivity (Wildman–Crippen MR) is 54.8 cm³/mol. The summed E-state index contributed by atoms with van der Waals surface area (Å²) in [7, 11) is 0. The Kier molecular flexibility index (Phi) is 5.02. The van der Waals surface area contributed by atoms with Crippen LogP contribution in [0.2, 0.25) is 0 Å². The number of nitrogens with two attached hydrogens (primary N) is 1. The molecule has 1 rings (SSSR count). The second-order valence-corrected chi connectivity index (χ2v) is 3.01. The topological polar surface area (TPSA) is 35.2 Å². The number of ether oxygens (including phenoxy) is 1. The highest BCUT2D eigenvalue weighted by molar-refractivity contribution is 5.20. The highest BCUT2D eigenvalue weighted by atomic mass is 16.5. The largest absolute Gasteiger partial charge is 0.494 e. The first-order chi connectivity index (χ1) is 6.43. The highest BCUT2D eigenvalue weighted by Gasteiger charge is 1.91. The molecule has 72 valence electrons. The molecule has 0 bridgehead atoms. The zero-order valence-electron chi connectivity index (χ0n) is 7.91. The molecule has 0 fully saturated rings. The number of benzene rings is 1. The van der Waals surface area contributed by atoms with E-state index >= 15 is 0 Å². The van der Waals surface area contributed by atoms with E-state index in [0.717, 1.165) is 38.2 Å². The van der Waals surface area contributed by atoms with Crippen molar-refractivity contribution in [2.75, 3.05) is 13.2 Å². The van der Waals surface area contributed by atoms with E-state index in [-0.39, 0.29) is 0 Å². The lowest BCUT2D eigenvalue weighted by molar-refractivity contribution is 0.305. The van der Waals surface area contributed by atoms with E-state index in [1.54, 1.807) is 0 Å². The summed E-state index contributed by atoms with van der Waals surface area (Å²) in [6.07, 6.45) is 3.34. The van der Waals surface area contributed by atoms with Gasteiger partial charge in [-0.05, 0) is 37.9 Å². The minimum absolute atomic E-state index is 0.783. The van der Waals surface area contributed by atoms with Gasteiger partial charge in [0.2, 0.25) is 0 Å². The maximum absolute atomic E-state index is 5.51. The Morgan fingerprint density at radius 2 is 1.77 bits per heavy atom. The monoisotopic (exact) mass is 179 g/mol. The molecule has 0 saturated heterocycles. The van der Waals surface area contributed by atoms with Crippen LogP contribution in [0, 0.1) is 0 Å². The van der Waals surface area contributed by atoms with Crippen molar-refractivity contribution >= 4 is 0 Å². The summed E-state index contributed by atoms with van der Waals surface area (Å²) < 4.78 is 5.51. The fourth-order valence-electron chi connectivity index (χ4n) is 1.13. The molecule has 0 aliphatic carbocycles. The van der Waals surface area contributed by atoms with Gasteiger partial charge < -0.3 is 10.5 Å². The van der Waals surface area contributed by atoms with Gasteiger partial charge in [-0.1, -0.05) is 18.2 Å². The van der Waals surface area contributed by atoms with Gasteiger partial charge in [-0.2, -0.15) is 0 Å². The van der Waals surface area contributed by atoms with Gasteiger partial charge in [0.25, 0.3) is 0 Å². The van der Waals surface area contributed by atoms with Crippen LogP contribution in [0.1, 0.15) is 19.3 Å². The summed E-state index contributed by atoms with van der Waals surface area (Å²) in [5.41, 5.74) is 5.38. The molecule has 0 radical (unpaired) electrons. The molecule has 0 amide bonds. The van der Waals surface area contributed by atoms with Crippen LogP contribution in [0.4, 0.5) is 0 Å².